The van der Waals surface area contributed by atoms with E-state index < -0.39 is 0 Å². The Balaban J connectivity index is 1.86. The molecule has 4 heteroatoms. The summed E-state index contributed by atoms with van der Waals surface area (Å²) in [5.74, 6) is 1.10. The molecule has 0 saturated carbocycles. The first kappa shape index (κ1) is 12.6. The second kappa shape index (κ2) is 5.65. The molecule has 0 aromatic carbocycles. The van der Waals surface area contributed by atoms with Crippen molar-refractivity contribution in [3.63, 3.8) is 0 Å². The van der Waals surface area contributed by atoms with Crippen molar-refractivity contribution in [3.8, 4) is 0 Å². The summed E-state index contributed by atoms with van der Waals surface area (Å²) in [5, 5.41) is 3.51. The van der Waals surface area contributed by atoms with Crippen molar-refractivity contribution in [2.75, 3.05) is 6.61 Å². The van der Waals surface area contributed by atoms with Gasteiger partial charge >= 0.3 is 0 Å². The monoisotopic (exact) mass is 237 g/mol. The first-order valence-corrected chi connectivity index (χ1v) is 6.55. The molecule has 0 bridgehead atoms. The van der Waals surface area contributed by atoms with Gasteiger partial charge in [0.15, 0.2) is 0 Å². The minimum absolute atomic E-state index is 0.373. The molecule has 17 heavy (non-hydrogen) atoms. The molecule has 1 aliphatic rings. The van der Waals surface area contributed by atoms with E-state index in [0.717, 1.165) is 19.0 Å². The van der Waals surface area contributed by atoms with E-state index in [1.54, 1.807) is 0 Å². The zero-order chi connectivity index (χ0) is 12.3. The molecule has 0 spiro atoms. The molecule has 1 fully saturated rings. The van der Waals surface area contributed by atoms with E-state index in [2.05, 4.69) is 35.6 Å². The van der Waals surface area contributed by atoms with Crippen LogP contribution in [0.3, 0.4) is 0 Å². The van der Waals surface area contributed by atoms with Crippen molar-refractivity contribution in [3.05, 3.63) is 18.2 Å². The summed E-state index contributed by atoms with van der Waals surface area (Å²) in [4.78, 5) is 4.40. The van der Waals surface area contributed by atoms with Crippen LogP contribution in [0.5, 0.6) is 0 Å². The molecular formula is C13H23N3O. The Bertz CT molecular complexity index is 342. The largest absolute Gasteiger partial charge is 0.377 e. The minimum atomic E-state index is 0.373. The van der Waals surface area contributed by atoms with Gasteiger partial charge in [-0.15, -0.1) is 0 Å². The molecule has 1 aromatic heterocycles. The van der Waals surface area contributed by atoms with Crippen molar-refractivity contribution < 1.29 is 4.74 Å². The molecule has 0 amide bonds. The first-order valence-electron chi connectivity index (χ1n) is 6.55. The van der Waals surface area contributed by atoms with Crippen LogP contribution in [-0.2, 0) is 11.3 Å². The molecule has 0 unspecified atom stereocenters. The number of hydrogen-bond donors (Lipinski definition) is 1. The van der Waals surface area contributed by atoms with Crippen LogP contribution in [0.4, 0.5) is 0 Å². The van der Waals surface area contributed by atoms with Gasteiger partial charge in [0.1, 0.15) is 5.82 Å². The Morgan fingerprint density at radius 1 is 1.53 bits per heavy atom. The maximum Gasteiger partial charge on any atom is 0.122 e. The Hall–Kier alpha value is -0.870. The number of aromatic nitrogens is 2. The highest BCUT2D eigenvalue weighted by atomic mass is 16.5. The summed E-state index contributed by atoms with van der Waals surface area (Å²) >= 11 is 0. The highest BCUT2D eigenvalue weighted by Crippen LogP contribution is 2.16. The van der Waals surface area contributed by atoms with Crippen molar-refractivity contribution in [2.45, 2.75) is 58.3 Å². The minimum Gasteiger partial charge on any atom is -0.377 e. The van der Waals surface area contributed by atoms with E-state index in [-0.39, 0.29) is 0 Å². The summed E-state index contributed by atoms with van der Waals surface area (Å²) in [5.41, 5.74) is 0. The molecule has 2 atom stereocenters. The number of hydrogen-bond acceptors (Lipinski definition) is 3. The van der Waals surface area contributed by atoms with Gasteiger partial charge in [-0.25, -0.2) is 4.98 Å². The molecule has 96 valence electrons. The lowest BCUT2D eigenvalue weighted by Crippen LogP contribution is -2.37. The average Bonchev–Trinajstić information content (AvgIpc) is 2.96. The van der Waals surface area contributed by atoms with Crippen LogP contribution in [0.15, 0.2) is 12.4 Å². The number of rotatable bonds is 5. The molecule has 1 saturated heterocycles. The fraction of sp³-hybridized carbons (Fsp3) is 0.769. The summed E-state index contributed by atoms with van der Waals surface area (Å²) in [7, 11) is 0. The normalized spacial score (nSPS) is 22.2. The molecule has 0 radical (unpaired) electrons. The SMILES string of the molecule is CC(C)n1ccnc1CN[C@H](C)[C@H]1CCCO1. The van der Waals surface area contributed by atoms with E-state index >= 15 is 0 Å². The molecule has 1 aliphatic heterocycles. The van der Waals surface area contributed by atoms with Gasteiger partial charge in [-0.2, -0.15) is 0 Å². The fourth-order valence-corrected chi connectivity index (χ4v) is 2.33. The maximum atomic E-state index is 5.67. The van der Waals surface area contributed by atoms with Crippen LogP contribution in [0, 0.1) is 0 Å². The van der Waals surface area contributed by atoms with Gasteiger partial charge < -0.3 is 14.6 Å². The third-order valence-corrected chi connectivity index (χ3v) is 3.41. The lowest BCUT2D eigenvalue weighted by atomic mass is 10.1. The number of imidazole rings is 1. The van der Waals surface area contributed by atoms with Crippen LogP contribution in [0.1, 0.15) is 45.5 Å². The zero-order valence-electron chi connectivity index (χ0n) is 11.0. The van der Waals surface area contributed by atoms with Gasteiger partial charge in [-0.05, 0) is 33.6 Å². The predicted octanol–water partition coefficient (Wildman–Crippen LogP) is 2.12. The Kier molecular flexibility index (Phi) is 4.18. The predicted molar refractivity (Wildman–Crippen MR) is 67.9 cm³/mol. The fourth-order valence-electron chi connectivity index (χ4n) is 2.33. The molecule has 1 aromatic rings. The van der Waals surface area contributed by atoms with Gasteiger partial charge in [0.2, 0.25) is 0 Å². The van der Waals surface area contributed by atoms with Gasteiger partial charge in [0, 0.05) is 31.1 Å². The van der Waals surface area contributed by atoms with Crippen LogP contribution < -0.4 is 5.32 Å². The summed E-state index contributed by atoms with van der Waals surface area (Å²) in [6.07, 6.45) is 6.65. The van der Waals surface area contributed by atoms with Gasteiger partial charge in [0.05, 0.1) is 12.6 Å². The van der Waals surface area contributed by atoms with Gasteiger partial charge in [-0.1, -0.05) is 0 Å². The molecule has 1 N–H and O–H groups in total. The van der Waals surface area contributed by atoms with Crippen molar-refractivity contribution in [1.82, 2.24) is 14.9 Å². The van der Waals surface area contributed by atoms with Gasteiger partial charge in [-0.3, -0.25) is 0 Å². The zero-order valence-corrected chi connectivity index (χ0v) is 11.0. The molecule has 2 heterocycles. The second-order valence-corrected chi connectivity index (χ2v) is 5.07. The van der Waals surface area contributed by atoms with Gasteiger partial charge in [0.25, 0.3) is 0 Å². The van der Waals surface area contributed by atoms with E-state index in [1.165, 1.54) is 12.8 Å². The number of nitrogens with one attached hydrogen (secondary N) is 1. The van der Waals surface area contributed by atoms with Crippen LogP contribution in [-0.4, -0.2) is 28.3 Å². The van der Waals surface area contributed by atoms with Crippen LogP contribution in [0.2, 0.25) is 0 Å². The standard InChI is InChI=1S/C13H23N3O/c1-10(2)16-7-6-14-13(16)9-15-11(3)12-5-4-8-17-12/h6-7,10-12,15H,4-5,8-9H2,1-3H3/t11-,12-/m1/s1. The van der Waals surface area contributed by atoms with E-state index in [9.17, 15) is 0 Å². The van der Waals surface area contributed by atoms with Crippen molar-refractivity contribution in [1.29, 1.82) is 0 Å². The Labute approximate surface area is 103 Å². The Morgan fingerprint density at radius 3 is 3.00 bits per heavy atom. The number of ether oxygens (including phenoxy) is 1. The molecule has 0 aliphatic carbocycles. The van der Waals surface area contributed by atoms with E-state index in [4.69, 9.17) is 4.74 Å². The summed E-state index contributed by atoms with van der Waals surface area (Å²) < 4.78 is 7.88. The van der Waals surface area contributed by atoms with Crippen molar-refractivity contribution >= 4 is 0 Å². The number of nitrogens with zero attached hydrogens (tertiary/aromatic N) is 2. The highest BCUT2D eigenvalue weighted by Gasteiger charge is 2.22. The summed E-state index contributed by atoms with van der Waals surface area (Å²) in [6, 6.07) is 0.863. The topological polar surface area (TPSA) is 39.1 Å². The molecular weight excluding hydrogens is 214 g/mol. The third-order valence-electron chi connectivity index (χ3n) is 3.41. The van der Waals surface area contributed by atoms with Crippen LogP contribution >= 0.6 is 0 Å². The lowest BCUT2D eigenvalue weighted by Gasteiger charge is -2.20. The average molecular weight is 237 g/mol. The maximum absolute atomic E-state index is 5.67. The quantitative estimate of drug-likeness (QED) is 0.852. The lowest BCUT2D eigenvalue weighted by molar-refractivity contribution is 0.0828. The van der Waals surface area contributed by atoms with Crippen molar-refractivity contribution in [2.24, 2.45) is 0 Å². The summed E-state index contributed by atoms with van der Waals surface area (Å²) in [6.45, 7) is 8.27. The molecule has 2 rings (SSSR count). The third kappa shape index (κ3) is 3.07. The second-order valence-electron chi connectivity index (χ2n) is 5.07. The van der Waals surface area contributed by atoms with E-state index in [0.29, 0.717) is 18.2 Å². The molecule has 4 nitrogen and oxygen atoms in total. The Morgan fingerprint density at radius 2 is 2.35 bits per heavy atom. The first-order chi connectivity index (χ1) is 8.18. The van der Waals surface area contributed by atoms with Crippen LogP contribution in [0.25, 0.3) is 0 Å². The highest BCUT2D eigenvalue weighted by molar-refractivity contribution is 4.94. The van der Waals surface area contributed by atoms with E-state index in [1.807, 2.05) is 12.4 Å². The smallest absolute Gasteiger partial charge is 0.122 e.